The molecule has 0 unspecified atom stereocenters. The zero-order valence-electron chi connectivity index (χ0n) is 9.32. The number of aromatic hydroxyl groups is 1. The Morgan fingerprint density at radius 3 is 2.50 bits per heavy atom. The number of phenols is 1. The largest absolute Gasteiger partial charge is 0.505 e. The summed E-state index contributed by atoms with van der Waals surface area (Å²) in [5.41, 5.74) is 1.88. The molecule has 1 saturated carbocycles. The molecule has 0 atom stereocenters. The first kappa shape index (κ1) is 11.3. The van der Waals surface area contributed by atoms with E-state index in [9.17, 15) is 13.5 Å². The van der Waals surface area contributed by atoms with Gasteiger partial charge in [-0.05, 0) is 43.9 Å². The van der Waals surface area contributed by atoms with Crippen LogP contribution in [-0.2, 0) is 10.0 Å². The van der Waals surface area contributed by atoms with Crippen LogP contribution in [0.25, 0.3) is 0 Å². The Morgan fingerprint density at radius 1 is 1.31 bits per heavy atom. The highest BCUT2D eigenvalue weighted by molar-refractivity contribution is 7.93. The average molecular weight is 241 g/mol. The van der Waals surface area contributed by atoms with Crippen LogP contribution in [-0.4, -0.2) is 18.8 Å². The van der Waals surface area contributed by atoms with Crippen molar-refractivity contribution in [1.82, 2.24) is 0 Å². The second-order valence-corrected chi connectivity index (χ2v) is 6.29. The van der Waals surface area contributed by atoms with Crippen molar-refractivity contribution >= 4 is 15.7 Å². The lowest BCUT2D eigenvalue weighted by Crippen LogP contribution is -2.17. The van der Waals surface area contributed by atoms with Gasteiger partial charge in [0, 0.05) is 0 Å². The van der Waals surface area contributed by atoms with E-state index in [2.05, 4.69) is 4.72 Å². The Labute approximate surface area is 95.4 Å². The first-order valence-electron chi connectivity index (χ1n) is 5.22. The predicted octanol–water partition coefficient (Wildman–Crippen LogP) is 1.91. The molecule has 4 nitrogen and oxygen atoms in total. The van der Waals surface area contributed by atoms with Gasteiger partial charge in [-0.25, -0.2) is 8.42 Å². The molecule has 0 aromatic heterocycles. The van der Waals surface area contributed by atoms with E-state index in [-0.39, 0.29) is 16.7 Å². The molecule has 16 heavy (non-hydrogen) atoms. The van der Waals surface area contributed by atoms with E-state index in [0.29, 0.717) is 18.4 Å². The number of anilines is 1. The molecule has 0 saturated heterocycles. The summed E-state index contributed by atoms with van der Waals surface area (Å²) in [7, 11) is -3.31. The molecule has 1 aromatic rings. The molecule has 1 aliphatic carbocycles. The monoisotopic (exact) mass is 241 g/mol. The summed E-state index contributed by atoms with van der Waals surface area (Å²) in [4.78, 5) is 0. The highest BCUT2D eigenvalue weighted by atomic mass is 32.2. The Bertz CT molecular complexity index is 518. The van der Waals surface area contributed by atoms with E-state index < -0.39 is 10.0 Å². The molecule has 0 heterocycles. The highest BCUT2D eigenvalue weighted by Crippen LogP contribution is 2.34. The van der Waals surface area contributed by atoms with Crippen molar-refractivity contribution in [2.75, 3.05) is 4.72 Å². The van der Waals surface area contributed by atoms with Gasteiger partial charge in [0.05, 0.1) is 10.9 Å². The Kier molecular flexibility index (Phi) is 2.58. The van der Waals surface area contributed by atoms with Crippen LogP contribution in [0, 0.1) is 13.8 Å². The van der Waals surface area contributed by atoms with E-state index in [0.717, 1.165) is 5.56 Å². The summed E-state index contributed by atoms with van der Waals surface area (Å²) in [6.45, 7) is 3.61. The van der Waals surface area contributed by atoms with Crippen molar-refractivity contribution in [3.05, 3.63) is 23.3 Å². The van der Waals surface area contributed by atoms with Crippen LogP contribution < -0.4 is 4.72 Å². The summed E-state index contributed by atoms with van der Waals surface area (Å²) < 4.78 is 25.9. The molecule has 1 aliphatic rings. The van der Waals surface area contributed by atoms with Gasteiger partial charge in [0.15, 0.2) is 0 Å². The molecular weight excluding hydrogens is 226 g/mol. The third-order valence-electron chi connectivity index (χ3n) is 2.66. The van der Waals surface area contributed by atoms with Gasteiger partial charge >= 0.3 is 0 Å². The molecule has 88 valence electrons. The number of hydrogen-bond donors (Lipinski definition) is 2. The van der Waals surface area contributed by atoms with E-state index in [4.69, 9.17) is 0 Å². The molecule has 0 spiro atoms. The topological polar surface area (TPSA) is 66.4 Å². The van der Waals surface area contributed by atoms with Crippen LogP contribution in [0.1, 0.15) is 24.0 Å². The number of benzene rings is 1. The molecular formula is C11H15NO3S. The number of sulfonamides is 1. The van der Waals surface area contributed by atoms with Crippen LogP contribution in [0.3, 0.4) is 0 Å². The molecule has 1 aromatic carbocycles. The first-order chi connectivity index (χ1) is 7.40. The van der Waals surface area contributed by atoms with Gasteiger partial charge in [-0.15, -0.1) is 0 Å². The van der Waals surface area contributed by atoms with Crippen LogP contribution >= 0.6 is 0 Å². The van der Waals surface area contributed by atoms with E-state index in [1.165, 1.54) is 0 Å². The van der Waals surface area contributed by atoms with Crippen LogP contribution in [0.5, 0.6) is 5.75 Å². The minimum atomic E-state index is -3.31. The number of phenolic OH excluding ortho intramolecular Hbond substituents is 1. The van der Waals surface area contributed by atoms with Crippen LogP contribution in [0.4, 0.5) is 5.69 Å². The third kappa shape index (κ3) is 2.14. The maximum absolute atomic E-state index is 11.7. The second-order valence-electron chi connectivity index (χ2n) is 4.32. The van der Waals surface area contributed by atoms with Gasteiger partial charge in [-0.2, -0.15) is 0 Å². The van der Waals surface area contributed by atoms with Crippen molar-refractivity contribution in [2.45, 2.75) is 31.9 Å². The van der Waals surface area contributed by atoms with Gasteiger partial charge in [0.25, 0.3) is 0 Å². The fourth-order valence-corrected chi connectivity index (χ4v) is 3.04. The standard InChI is InChI=1S/C11H15NO3S/c1-7-5-8(2)11(13)10(6-7)12-16(14,15)9-3-4-9/h5-6,9,12-13H,3-4H2,1-2H3. The Hall–Kier alpha value is -1.23. The fraction of sp³-hybridized carbons (Fsp3) is 0.455. The number of aryl methyl sites for hydroxylation is 2. The predicted molar refractivity (Wildman–Crippen MR) is 63.1 cm³/mol. The highest BCUT2D eigenvalue weighted by Gasteiger charge is 2.36. The molecule has 2 rings (SSSR count). The molecule has 1 fully saturated rings. The van der Waals surface area contributed by atoms with E-state index >= 15 is 0 Å². The van der Waals surface area contributed by atoms with Gasteiger partial charge in [0.1, 0.15) is 5.75 Å². The lowest BCUT2D eigenvalue weighted by molar-refractivity contribution is 0.473. The maximum atomic E-state index is 11.7. The van der Waals surface area contributed by atoms with Crippen LogP contribution in [0.15, 0.2) is 12.1 Å². The number of rotatable bonds is 3. The summed E-state index contributed by atoms with van der Waals surface area (Å²) in [5, 5.41) is 9.48. The summed E-state index contributed by atoms with van der Waals surface area (Å²) >= 11 is 0. The summed E-state index contributed by atoms with van der Waals surface area (Å²) in [6.07, 6.45) is 1.42. The average Bonchev–Trinajstić information content (AvgIpc) is 2.95. The number of hydrogen-bond acceptors (Lipinski definition) is 3. The third-order valence-corrected chi connectivity index (χ3v) is 4.51. The SMILES string of the molecule is Cc1cc(C)c(O)c(NS(=O)(=O)C2CC2)c1. The van der Waals surface area contributed by atoms with Crippen LogP contribution in [0.2, 0.25) is 0 Å². The first-order valence-corrected chi connectivity index (χ1v) is 6.76. The van der Waals surface area contributed by atoms with Gasteiger partial charge in [-0.3, -0.25) is 4.72 Å². The van der Waals surface area contributed by atoms with Gasteiger partial charge in [-0.1, -0.05) is 6.07 Å². The normalized spacial score (nSPS) is 16.1. The Balaban J connectivity index is 2.34. The quantitative estimate of drug-likeness (QED) is 0.794. The minimum absolute atomic E-state index is 0.00910. The van der Waals surface area contributed by atoms with Gasteiger partial charge in [0.2, 0.25) is 10.0 Å². The smallest absolute Gasteiger partial charge is 0.235 e. The molecule has 0 bridgehead atoms. The van der Waals surface area contributed by atoms with Gasteiger partial charge < -0.3 is 5.11 Å². The minimum Gasteiger partial charge on any atom is -0.505 e. The number of nitrogens with one attached hydrogen (secondary N) is 1. The Morgan fingerprint density at radius 2 is 1.94 bits per heavy atom. The maximum Gasteiger partial charge on any atom is 0.235 e. The molecule has 5 heteroatoms. The fourth-order valence-electron chi connectivity index (χ4n) is 1.65. The van der Waals surface area contributed by atoms with Crippen molar-refractivity contribution in [3.63, 3.8) is 0 Å². The van der Waals surface area contributed by atoms with E-state index in [1.54, 1.807) is 13.0 Å². The van der Waals surface area contributed by atoms with Crippen molar-refractivity contribution in [2.24, 2.45) is 0 Å². The lowest BCUT2D eigenvalue weighted by Gasteiger charge is -2.11. The molecule has 0 aliphatic heterocycles. The van der Waals surface area contributed by atoms with Crippen molar-refractivity contribution in [1.29, 1.82) is 0 Å². The van der Waals surface area contributed by atoms with E-state index in [1.807, 2.05) is 13.0 Å². The molecule has 2 N–H and O–H groups in total. The zero-order chi connectivity index (χ0) is 11.9. The van der Waals surface area contributed by atoms with Crippen molar-refractivity contribution in [3.8, 4) is 5.75 Å². The second kappa shape index (κ2) is 3.66. The lowest BCUT2D eigenvalue weighted by atomic mass is 10.1. The summed E-state index contributed by atoms with van der Waals surface area (Å²) in [6, 6.07) is 3.45. The zero-order valence-corrected chi connectivity index (χ0v) is 10.1. The molecule has 0 radical (unpaired) electrons. The molecule has 0 amide bonds. The summed E-state index contributed by atoms with van der Waals surface area (Å²) in [5.74, 6) is 0.00910. The van der Waals surface area contributed by atoms with Crippen molar-refractivity contribution < 1.29 is 13.5 Å².